The van der Waals surface area contributed by atoms with Crippen molar-refractivity contribution in [3.05, 3.63) is 0 Å². The fraction of sp³-hybridized carbons (Fsp3) is 0.889. The number of hydrogen-bond acceptors (Lipinski definition) is 3. The predicted octanol–water partition coefficient (Wildman–Crippen LogP) is -0.208. The van der Waals surface area contributed by atoms with Gasteiger partial charge in [-0.15, -0.1) is 0 Å². The Hall–Kier alpha value is -0.610. The van der Waals surface area contributed by atoms with Gasteiger partial charge in [-0.2, -0.15) is 0 Å². The van der Waals surface area contributed by atoms with E-state index in [4.69, 9.17) is 5.73 Å². The van der Waals surface area contributed by atoms with Crippen molar-refractivity contribution >= 4 is 5.91 Å². The summed E-state index contributed by atoms with van der Waals surface area (Å²) in [4.78, 5) is 13.4. The van der Waals surface area contributed by atoms with Crippen LogP contribution in [0.3, 0.4) is 0 Å². The van der Waals surface area contributed by atoms with Crippen LogP contribution in [-0.4, -0.2) is 43.0 Å². The van der Waals surface area contributed by atoms with Gasteiger partial charge in [-0.1, -0.05) is 13.8 Å². The Balaban J connectivity index is 3.82. The molecule has 0 heterocycles. The van der Waals surface area contributed by atoms with E-state index in [9.17, 15) is 4.79 Å². The lowest BCUT2D eigenvalue weighted by Crippen LogP contribution is -2.47. The van der Waals surface area contributed by atoms with Crippen molar-refractivity contribution in [1.29, 1.82) is 0 Å². The van der Waals surface area contributed by atoms with Crippen LogP contribution in [0.1, 0.15) is 20.8 Å². The lowest BCUT2D eigenvalue weighted by molar-refractivity contribution is -0.122. The van der Waals surface area contributed by atoms with Crippen LogP contribution >= 0.6 is 0 Å². The Kier molecular flexibility index (Phi) is 6.54. The van der Waals surface area contributed by atoms with Crippen LogP contribution in [0.15, 0.2) is 0 Å². The predicted molar refractivity (Wildman–Crippen MR) is 54.4 cm³/mol. The first kappa shape index (κ1) is 12.4. The van der Waals surface area contributed by atoms with Gasteiger partial charge in [-0.3, -0.25) is 4.79 Å². The summed E-state index contributed by atoms with van der Waals surface area (Å²) in [6, 6.07) is -0.403. The van der Waals surface area contributed by atoms with Gasteiger partial charge in [0.25, 0.3) is 0 Å². The summed E-state index contributed by atoms with van der Waals surface area (Å²) in [6.07, 6.45) is 0. The van der Waals surface area contributed by atoms with Crippen LogP contribution in [0.5, 0.6) is 0 Å². The van der Waals surface area contributed by atoms with Gasteiger partial charge < -0.3 is 16.0 Å². The van der Waals surface area contributed by atoms with E-state index in [2.05, 4.69) is 24.1 Å². The van der Waals surface area contributed by atoms with Crippen molar-refractivity contribution in [3.63, 3.8) is 0 Å². The normalized spacial score (nSPS) is 13.0. The van der Waals surface area contributed by atoms with Crippen molar-refractivity contribution in [2.24, 2.45) is 5.73 Å². The highest BCUT2D eigenvalue weighted by Gasteiger charge is 2.14. The molecule has 0 bridgehead atoms. The number of nitrogens with one attached hydrogen (secondary N) is 1. The molecule has 0 saturated heterocycles. The molecule has 0 aliphatic carbocycles. The molecule has 0 aromatic rings. The van der Waals surface area contributed by atoms with E-state index < -0.39 is 6.04 Å². The molecule has 0 aromatic carbocycles. The second-order valence-corrected chi connectivity index (χ2v) is 2.99. The molecule has 0 fully saturated rings. The summed E-state index contributed by atoms with van der Waals surface area (Å²) < 4.78 is 0. The van der Waals surface area contributed by atoms with Gasteiger partial charge in [0.15, 0.2) is 0 Å². The van der Waals surface area contributed by atoms with Gasteiger partial charge in [0.1, 0.15) is 0 Å². The molecule has 0 rings (SSSR count). The minimum absolute atomic E-state index is 0.0607. The van der Waals surface area contributed by atoms with Crippen molar-refractivity contribution < 1.29 is 4.79 Å². The smallest absolute Gasteiger partial charge is 0.238 e. The monoisotopic (exact) mass is 187 g/mol. The molecular formula is C9H21N3O. The molecule has 4 heteroatoms. The SMILES string of the molecule is CCNC(=O)[C@@H](N)CN(CC)CC. The summed E-state index contributed by atoms with van der Waals surface area (Å²) in [5, 5.41) is 2.71. The molecule has 78 valence electrons. The first-order valence-electron chi connectivity index (χ1n) is 4.91. The van der Waals surface area contributed by atoms with Crippen molar-refractivity contribution in [1.82, 2.24) is 10.2 Å². The Bertz CT molecular complexity index is 146. The lowest BCUT2D eigenvalue weighted by atomic mass is 10.2. The van der Waals surface area contributed by atoms with E-state index in [1.165, 1.54) is 0 Å². The summed E-state index contributed by atoms with van der Waals surface area (Å²) in [5.41, 5.74) is 5.70. The van der Waals surface area contributed by atoms with E-state index in [0.29, 0.717) is 13.1 Å². The molecule has 3 N–H and O–H groups in total. The molecule has 1 atom stereocenters. The number of carbonyl (C=O) groups excluding carboxylic acids is 1. The van der Waals surface area contributed by atoms with Crippen LogP contribution in [0.25, 0.3) is 0 Å². The van der Waals surface area contributed by atoms with E-state index in [1.807, 2.05) is 6.92 Å². The molecule has 0 aliphatic rings. The summed E-state index contributed by atoms with van der Waals surface area (Å²) in [5.74, 6) is -0.0607. The molecule has 1 amide bonds. The Morgan fingerprint density at radius 1 is 1.38 bits per heavy atom. The minimum atomic E-state index is -0.403. The quantitative estimate of drug-likeness (QED) is 0.605. The van der Waals surface area contributed by atoms with Crippen molar-refractivity contribution in [3.8, 4) is 0 Å². The van der Waals surface area contributed by atoms with Gasteiger partial charge in [-0.05, 0) is 20.0 Å². The fourth-order valence-corrected chi connectivity index (χ4v) is 1.15. The number of likely N-dealkylation sites (N-methyl/N-ethyl adjacent to an activating group) is 2. The fourth-order valence-electron chi connectivity index (χ4n) is 1.15. The maximum Gasteiger partial charge on any atom is 0.238 e. The molecule has 0 spiro atoms. The number of nitrogens with zero attached hydrogens (tertiary/aromatic N) is 1. The summed E-state index contributed by atoms with van der Waals surface area (Å²) in [6.45, 7) is 9.17. The Morgan fingerprint density at radius 3 is 2.31 bits per heavy atom. The number of nitrogens with two attached hydrogens (primary N) is 1. The molecular weight excluding hydrogens is 166 g/mol. The van der Waals surface area contributed by atoms with Gasteiger partial charge in [0.05, 0.1) is 6.04 Å². The first-order valence-corrected chi connectivity index (χ1v) is 4.91. The zero-order valence-electron chi connectivity index (χ0n) is 8.84. The minimum Gasteiger partial charge on any atom is -0.355 e. The Morgan fingerprint density at radius 2 is 1.92 bits per heavy atom. The van der Waals surface area contributed by atoms with Crippen LogP contribution in [0, 0.1) is 0 Å². The van der Waals surface area contributed by atoms with Crippen LogP contribution in [0.4, 0.5) is 0 Å². The van der Waals surface area contributed by atoms with Crippen molar-refractivity contribution in [2.45, 2.75) is 26.8 Å². The van der Waals surface area contributed by atoms with E-state index in [1.54, 1.807) is 0 Å². The third kappa shape index (κ3) is 4.85. The van der Waals surface area contributed by atoms with Crippen LogP contribution < -0.4 is 11.1 Å². The maximum atomic E-state index is 11.2. The molecule has 0 aromatic heterocycles. The van der Waals surface area contributed by atoms with E-state index >= 15 is 0 Å². The van der Waals surface area contributed by atoms with Gasteiger partial charge >= 0.3 is 0 Å². The molecule has 13 heavy (non-hydrogen) atoms. The van der Waals surface area contributed by atoms with Crippen molar-refractivity contribution in [2.75, 3.05) is 26.2 Å². The third-order valence-corrected chi connectivity index (χ3v) is 2.04. The molecule has 0 radical (unpaired) electrons. The molecule has 4 nitrogen and oxygen atoms in total. The maximum absolute atomic E-state index is 11.2. The third-order valence-electron chi connectivity index (χ3n) is 2.04. The van der Waals surface area contributed by atoms with Crippen LogP contribution in [-0.2, 0) is 4.79 Å². The summed E-state index contributed by atoms with van der Waals surface area (Å²) >= 11 is 0. The zero-order valence-corrected chi connectivity index (χ0v) is 8.84. The molecule has 0 aliphatic heterocycles. The average Bonchev–Trinajstić information content (AvgIpc) is 2.14. The average molecular weight is 187 g/mol. The topological polar surface area (TPSA) is 58.4 Å². The van der Waals surface area contributed by atoms with Crippen LogP contribution in [0.2, 0.25) is 0 Å². The van der Waals surface area contributed by atoms with Gasteiger partial charge in [0.2, 0.25) is 5.91 Å². The highest BCUT2D eigenvalue weighted by Crippen LogP contribution is 1.89. The lowest BCUT2D eigenvalue weighted by Gasteiger charge is -2.21. The highest BCUT2D eigenvalue weighted by molar-refractivity contribution is 5.81. The first-order chi connectivity index (χ1) is 6.15. The van der Waals surface area contributed by atoms with E-state index in [-0.39, 0.29) is 5.91 Å². The van der Waals surface area contributed by atoms with Gasteiger partial charge in [-0.25, -0.2) is 0 Å². The summed E-state index contributed by atoms with van der Waals surface area (Å²) in [7, 11) is 0. The number of carbonyl (C=O) groups is 1. The molecule has 0 unspecified atom stereocenters. The highest BCUT2D eigenvalue weighted by atomic mass is 16.2. The second-order valence-electron chi connectivity index (χ2n) is 2.99. The second kappa shape index (κ2) is 6.86. The molecule has 0 saturated carbocycles. The van der Waals surface area contributed by atoms with E-state index in [0.717, 1.165) is 13.1 Å². The number of rotatable bonds is 6. The standard InChI is InChI=1S/C9H21N3O/c1-4-11-9(13)8(10)7-12(5-2)6-3/h8H,4-7,10H2,1-3H3,(H,11,13)/t8-/m0/s1. The number of amides is 1. The largest absolute Gasteiger partial charge is 0.355 e. The zero-order chi connectivity index (χ0) is 10.3. The number of hydrogen-bond donors (Lipinski definition) is 2. The van der Waals surface area contributed by atoms with Gasteiger partial charge in [0, 0.05) is 13.1 Å². The Labute approximate surface area is 80.5 Å².